The van der Waals surface area contributed by atoms with Gasteiger partial charge in [0.05, 0.1) is 17.5 Å². The number of benzene rings is 1. The number of aromatic nitrogens is 1. The second-order valence-corrected chi connectivity index (χ2v) is 3.99. The van der Waals surface area contributed by atoms with Crippen LogP contribution in [0.1, 0.15) is 13.8 Å². The summed E-state index contributed by atoms with van der Waals surface area (Å²) in [4.78, 5) is 15.7. The zero-order chi connectivity index (χ0) is 11.5. The van der Waals surface area contributed by atoms with Gasteiger partial charge in [-0.3, -0.25) is 0 Å². The zero-order valence-corrected chi connectivity index (χ0v) is 10.5. The Balaban J connectivity index is 0.00000144. The fourth-order valence-electron chi connectivity index (χ4n) is 1.30. The molecular weight excluding hydrogens is 242 g/mol. The molecule has 0 spiro atoms. The van der Waals surface area contributed by atoms with E-state index in [1.807, 2.05) is 19.9 Å². The molecule has 1 heterocycles. The van der Waals surface area contributed by atoms with Crippen LogP contribution in [0, 0.1) is 5.92 Å². The second kappa shape index (κ2) is 5.68. The van der Waals surface area contributed by atoms with Crippen LogP contribution in [0.25, 0.3) is 10.9 Å². The van der Waals surface area contributed by atoms with Gasteiger partial charge >= 0.3 is 11.7 Å². The number of hydrogen-bond donors (Lipinski definition) is 0. The van der Waals surface area contributed by atoms with Gasteiger partial charge in [-0.05, 0) is 18.1 Å². The number of halogens is 1. The third-order valence-corrected chi connectivity index (χ3v) is 2.06. The van der Waals surface area contributed by atoms with Crippen molar-refractivity contribution < 1.29 is 9.15 Å². The SMILES string of the molecule is CC(C)COc1nc2ccccc2c(=O)o1.Cl. The number of ether oxygens (including phenoxy) is 1. The van der Waals surface area contributed by atoms with Crippen molar-refractivity contribution in [3.63, 3.8) is 0 Å². The van der Waals surface area contributed by atoms with Gasteiger partial charge in [0.2, 0.25) is 0 Å². The van der Waals surface area contributed by atoms with Crippen LogP contribution in [-0.4, -0.2) is 11.6 Å². The third kappa shape index (κ3) is 3.20. The number of para-hydroxylation sites is 1. The molecule has 1 aromatic heterocycles. The Hall–Kier alpha value is -1.55. The summed E-state index contributed by atoms with van der Waals surface area (Å²) < 4.78 is 10.2. The summed E-state index contributed by atoms with van der Waals surface area (Å²) in [5.41, 5.74) is 0.182. The number of nitrogens with zero attached hydrogens (tertiary/aromatic N) is 1. The number of rotatable bonds is 3. The summed E-state index contributed by atoms with van der Waals surface area (Å²) >= 11 is 0. The van der Waals surface area contributed by atoms with E-state index in [9.17, 15) is 4.79 Å². The lowest BCUT2D eigenvalue weighted by atomic mass is 10.2. The first-order chi connectivity index (χ1) is 7.66. The summed E-state index contributed by atoms with van der Waals surface area (Å²) in [6, 6.07) is 7.03. The van der Waals surface area contributed by atoms with E-state index in [0.29, 0.717) is 23.4 Å². The maximum Gasteiger partial charge on any atom is 0.397 e. The molecule has 0 bridgehead atoms. The molecule has 0 N–H and O–H groups in total. The molecular formula is C12H14ClNO3. The van der Waals surface area contributed by atoms with E-state index in [1.54, 1.807) is 18.2 Å². The second-order valence-electron chi connectivity index (χ2n) is 3.99. The van der Waals surface area contributed by atoms with Gasteiger partial charge in [0, 0.05) is 0 Å². The Morgan fingerprint density at radius 3 is 2.76 bits per heavy atom. The average molecular weight is 256 g/mol. The first kappa shape index (κ1) is 13.5. The van der Waals surface area contributed by atoms with Crippen LogP contribution >= 0.6 is 12.4 Å². The quantitative estimate of drug-likeness (QED) is 0.846. The van der Waals surface area contributed by atoms with Crippen LogP contribution in [0.5, 0.6) is 6.08 Å². The highest BCUT2D eigenvalue weighted by Gasteiger charge is 2.06. The molecule has 0 atom stereocenters. The van der Waals surface area contributed by atoms with Crippen LogP contribution in [0.4, 0.5) is 0 Å². The standard InChI is InChI=1S/C12H13NO3.ClH/c1-8(2)7-15-12-13-10-6-4-3-5-9(10)11(14)16-12;/h3-6,8H,7H2,1-2H3;1H. The highest BCUT2D eigenvalue weighted by Crippen LogP contribution is 2.12. The predicted molar refractivity (Wildman–Crippen MR) is 67.9 cm³/mol. The number of hydrogen-bond acceptors (Lipinski definition) is 4. The van der Waals surface area contributed by atoms with E-state index >= 15 is 0 Å². The smallest absolute Gasteiger partial charge is 0.397 e. The summed E-state index contributed by atoms with van der Waals surface area (Å²) in [6.07, 6.45) is 0.0393. The topological polar surface area (TPSA) is 52.3 Å². The first-order valence-electron chi connectivity index (χ1n) is 5.19. The van der Waals surface area contributed by atoms with Crippen LogP contribution in [0.2, 0.25) is 0 Å². The molecule has 0 unspecified atom stereocenters. The van der Waals surface area contributed by atoms with Crippen LogP contribution in [-0.2, 0) is 0 Å². The average Bonchev–Trinajstić information content (AvgIpc) is 2.26. The molecule has 2 aromatic rings. The Kier molecular flexibility index (Phi) is 4.52. The highest BCUT2D eigenvalue weighted by atomic mass is 35.5. The molecule has 5 heteroatoms. The minimum Gasteiger partial charge on any atom is -0.450 e. The molecule has 17 heavy (non-hydrogen) atoms. The van der Waals surface area contributed by atoms with Crippen molar-refractivity contribution in [1.29, 1.82) is 0 Å². The predicted octanol–water partition coefficient (Wildman–Crippen LogP) is 2.64. The van der Waals surface area contributed by atoms with Crippen molar-refractivity contribution in [3.05, 3.63) is 34.7 Å². The summed E-state index contributed by atoms with van der Waals surface area (Å²) in [7, 11) is 0. The van der Waals surface area contributed by atoms with Crippen LogP contribution in [0.3, 0.4) is 0 Å². The monoisotopic (exact) mass is 255 g/mol. The Morgan fingerprint density at radius 2 is 2.06 bits per heavy atom. The van der Waals surface area contributed by atoms with E-state index in [4.69, 9.17) is 9.15 Å². The molecule has 0 aliphatic heterocycles. The van der Waals surface area contributed by atoms with Gasteiger partial charge in [0.1, 0.15) is 0 Å². The van der Waals surface area contributed by atoms with E-state index in [0.717, 1.165) is 0 Å². The minimum atomic E-state index is -0.413. The molecule has 0 fully saturated rings. The van der Waals surface area contributed by atoms with Crippen molar-refractivity contribution >= 4 is 23.3 Å². The lowest BCUT2D eigenvalue weighted by Crippen LogP contribution is -2.09. The molecule has 92 valence electrons. The molecule has 0 aliphatic carbocycles. The molecule has 0 amide bonds. The zero-order valence-electron chi connectivity index (χ0n) is 9.67. The molecule has 4 nitrogen and oxygen atoms in total. The maximum atomic E-state index is 11.6. The van der Waals surface area contributed by atoms with E-state index < -0.39 is 5.63 Å². The van der Waals surface area contributed by atoms with Gasteiger partial charge < -0.3 is 9.15 Å². The van der Waals surface area contributed by atoms with Crippen LogP contribution < -0.4 is 10.4 Å². The Labute approximate surface area is 105 Å². The van der Waals surface area contributed by atoms with E-state index in [1.165, 1.54) is 0 Å². The summed E-state index contributed by atoms with van der Waals surface area (Å²) in [5, 5.41) is 0.472. The van der Waals surface area contributed by atoms with Gasteiger partial charge in [0.15, 0.2) is 0 Å². The van der Waals surface area contributed by atoms with Crippen LogP contribution in [0.15, 0.2) is 33.5 Å². The Morgan fingerprint density at radius 1 is 1.35 bits per heavy atom. The molecule has 0 radical (unpaired) electrons. The van der Waals surface area contributed by atoms with Gasteiger partial charge in [-0.1, -0.05) is 26.0 Å². The lowest BCUT2D eigenvalue weighted by molar-refractivity contribution is 0.191. The largest absolute Gasteiger partial charge is 0.450 e. The third-order valence-electron chi connectivity index (χ3n) is 2.06. The van der Waals surface area contributed by atoms with Crippen molar-refractivity contribution in [2.24, 2.45) is 5.92 Å². The fraction of sp³-hybridized carbons (Fsp3) is 0.333. The summed E-state index contributed by atoms with van der Waals surface area (Å²) in [5.74, 6) is 0.360. The molecule has 1 aromatic carbocycles. The highest BCUT2D eigenvalue weighted by molar-refractivity contribution is 5.85. The fourth-order valence-corrected chi connectivity index (χ4v) is 1.30. The first-order valence-corrected chi connectivity index (χ1v) is 5.19. The molecule has 2 rings (SSSR count). The Bertz CT molecular complexity index is 551. The summed E-state index contributed by atoms with van der Waals surface area (Å²) in [6.45, 7) is 4.51. The minimum absolute atomic E-state index is 0. The molecule has 0 saturated heterocycles. The van der Waals surface area contributed by atoms with Gasteiger partial charge in [-0.15, -0.1) is 12.4 Å². The van der Waals surface area contributed by atoms with E-state index in [2.05, 4.69) is 4.98 Å². The lowest BCUT2D eigenvalue weighted by Gasteiger charge is -2.05. The maximum absolute atomic E-state index is 11.6. The number of fused-ring (bicyclic) bond motifs is 1. The molecule has 0 saturated carbocycles. The van der Waals surface area contributed by atoms with Gasteiger partial charge in [0.25, 0.3) is 0 Å². The van der Waals surface area contributed by atoms with Gasteiger partial charge in [-0.2, -0.15) is 4.98 Å². The van der Waals surface area contributed by atoms with Crippen molar-refractivity contribution in [1.82, 2.24) is 4.98 Å². The van der Waals surface area contributed by atoms with Gasteiger partial charge in [-0.25, -0.2) is 4.79 Å². The van der Waals surface area contributed by atoms with Crippen molar-refractivity contribution in [2.45, 2.75) is 13.8 Å². The molecule has 0 aliphatic rings. The normalized spacial score (nSPS) is 10.3. The van der Waals surface area contributed by atoms with E-state index in [-0.39, 0.29) is 18.5 Å². The van der Waals surface area contributed by atoms with Crippen molar-refractivity contribution in [3.8, 4) is 6.08 Å². The van der Waals surface area contributed by atoms with Crippen molar-refractivity contribution in [2.75, 3.05) is 6.61 Å².